The van der Waals surface area contributed by atoms with Crippen molar-refractivity contribution in [3.63, 3.8) is 0 Å². The third-order valence-corrected chi connectivity index (χ3v) is 6.35. The largest absolute Gasteiger partial charge is 0.493 e. The normalized spacial score (nSPS) is 11.6. The number of carbonyl (C=O) groups is 2. The van der Waals surface area contributed by atoms with Crippen molar-refractivity contribution in [2.45, 2.75) is 26.9 Å². The van der Waals surface area contributed by atoms with Crippen molar-refractivity contribution in [3.05, 3.63) is 64.8 Å². The van der Waals surface area contributed by atoms with Gasteiger partial charge in [0, 0.05) is 22.2 Å². The van der Waals surface area contributed by atoms with Crippen molar-refractivity contribution in [1.82, 2.24) is 15.0 Å². The second kappa shape index (κ2) is 10.6. The Morgan fingerprint density at radius 2 is 1.67 bits per heavy atom. The number of hydrogen-bond donors (Lipinski definition) is 2. The molecule has 0 aliphatic heterocycles. The number of H-pyrrole nitrogens is 1. The Balaban J connectivity index is 1.37. The van der Waals surface area contributed by atoms with Crippen LogP contribution in [0.5, 0.6) is 11.5 Å². The number of nitrogens with one attached hydrogen (secondary N) is 2. The van der Waals surface area contributed by atoms with Crippen LogP contribution in [0.3, 0.4) is 0 Å². The summed E-state index contributed by atoms with van der Waals surface area (Å²) in [4.78, 5) is 37.3. The Labute approximate surface area is 212 Å². The highest BCUT2D eigenvalue weighted by Gasteiger charge is 2.21. The van der Waals surface area contributed by atoms with Gasteiger partial charge < -0.3 is 19.2 Å². The van der Waals surface area contributed by atoms with E-state index >= 15 is 0 Å². The molecule has 0 aliphatic carbocycles. The van der Waals surface area contributed by atoms with Crippen LogP contribution in [0.2, 0.25) is 0 Å². The lowest BCUT2D eigenvalue weighted by Crippen LogP contribution is -2.29. The molecule has 0 radical (unpaired) electrons. The number of aromatic nitrogens is 3. The molecule has 1 atom stereocenters. The number of methoxy groups -OCH3 is 2. The number of aromatic amines is 1. The highest BCUT2D eigenvalue weighted by Crippen LogP contribution is 2.33. The van der Waals surface area contributed by atoms with Crippen molar-refractivity contribution < 1.29 is 23.8 Å². The molecule has 0 saturated heterocycles. The van der Waals surface area contributed by atoms with Crippen LogP contribution in [0.4, 0.5) is 5.13 Å². The SMILES string of the molecule is COc1ccc(-c2csc(NC(=O)C(C)OC(=O)c3ccc(-c4nc(C)c(C)[nH]4)cc3)n2)cc1OC. The number of hydrogen-bond acceptors (Lipinski definition) is 8. The van der Waals surface area contributed by atoms with Crippen LogP contribution >= 0.6 is 11.3 Å². The molecule has 186 valence electrons. The van der Waals surface area contributed by atoms with Crippen LogP contribution in [-0.2, 0) is 9.53 Å². The number of carbonyl (C=O) groups excluding carboxylic acids is 2. The molecule has 4 aromatic rings. The first-order valence-corrected chi connectivity index (χ1v) is 12.0. The molecule has 2 heterocycles. The molecule has 2 aromatic heterocycles. The van der Waals surface area contributed by atoms with E-state index in [0.29, 0.717) is 27.9 Å². The van der Waals surface area contributed by atoms with Crippen LogP contribution in [0, 0.1) is 13.8 Å². The summed E-state index contributed by atoms with van der Waals surface area (Å²) >= 11 is 1.27. The van der Waals surface area contributed by atoms with E-state index in [2.05, 4.69) is 20.3 Å². The van der Waals surface area contributed by atoms with Gasteiger partial charge >= 0.3 is 5.97 Å². The average Bonchev–Trinajstić information content (AvgIpc) is 3.49. The zero-order chi connectivity index (χ0) is 25.8. The van der Waals surface area contributed by atoms with E-state index in [1.165, 1.54) is 18.3 Å². The van der Waals surface area contributed by atoms with E-state index in [1.807, 2.05) is 31.4 Å². The molecule has 2 N–H and O–H groups in total. The Hall–Kier alpha value is -4.18. The fourth-order valence-electron chi connectivity index (χ4n) is 3.40. The first kappa shape index (κ1) is 24.9. The fraction of sp³-hybridized carbons (Fsp3) is 0.231. The van der Waals surface area contributed by atoms with E-state index in [9.17, 15) is 9.59 Å². The summed E-state index contributed by atoms with van der Waals surface area (Å²) in [6.07, 6.45) is -1.01. The first-order chi connectivity index (χ1) is 17.3. The standard InChI is InChI=1S/C26H26N4O5S/c1-14-15(2)28-23(27-14)17-6-8-18(9-7-17)25(32)35-16(3)24(31)30-26-29-20(13-36-26)19-10-11-21(33-4)22(12-19)34-5/h6-13,16H,1-5H3,(H,27,28)(H,29,30,31). The van der Waals surface area contributed by atoms with Crippen LogP contribution in [0.15, 0.2) is 47.8 Å². The summed E-state index contributed by atoms with van der Waals surface area (Å²) in [5.74, 6) is 0.849. The molecule has 10 heteroatoms. The number of ether oxygens (including phenoxy) is 3. The van der Waals surface area contributed by atoms with Crippen LogP contribution in [-0.4, -0.2) is 47.2 Å². The molecule has 1 unspecified atom stereocenters. The highest BCUT2D eigenvalue weighted by atomic mass is 32.1. The van der Waals surface area contributed by atoms with Gasteiger partial charge in [-0.3, -0.25) is 10.1 Å². The maximum Gasteiger partial charge on any atom is 0.338 e. The van der Waals surface area contributed by atoms with E-state index in [1.54, 1.807) is 44.6 Å². The van der Waals surface area contributed by atoms with Gasteiger partial charge in [-0.25, -0.2) is 14.8 Å². The molecule has 2 aromatic carbocycles. The Bertz CT molecular complexity index is 1370. The second-order valence-corrected chi connectivity index (χ2v) is 8.88. The molecule has 36 heavy (non-hydrogen) atoms. The second-order valence-electron chi connectivity index (χ2n) is 8.02. The Morgan fingerprint density at radius 1 is 0.972 bits per heavy atom. The summed E-state index contributed by atoms with van der Waals surface area (Å²) in [6, 6.07) is 12.3. The smallest absolute Gasteiger partial charge is 0.338 e. The number of amides is 1. The van der Waals surface area contributed by atoms with Gasteiger partial charge in [0.1, 0.15) is 5.82 Å². The monoisotopic (exact) mass is 506 g/mol. The summed E-state index contributed by atoms with van der Waals surface area (Å²) < 4.78 is 16.0. The van der Waals surface area contributed by atoms with Gasteiger partial charge in [-0.15, -0.1) is 11.3 Å². The maximum absolute atomic E-state index is 12.6. The number of rotatable bonds is 8. The molecule has 1 amide bonds. The lowest BCUT2D eigenvalue weighted by atomic mass is 10.1. The molecule has 0 spiro atoms. The van der Waals surface area contributed by atoms with Gasteiger partial charge in [0.25, 0.3) is 5.91 Å². The topological polar surface area (TPSA) is 115 Å². The molecule has 0 bridgehead atoms. The minimum absolute atomic E-state index is 0.336. The van der Waals surface area contributed by atoms with Crippen LogP contribution < -0.4 is 14.8 Å². The maximum atomic E-state index is 12.6. The summed E-state index contributed by atoms with van der Waals surface area (Å²) in [5, 5.41) is 4.91. The van der Waals surface area contributed by atoms with E-state index in [0.717, 1.165) is 28.3 Å². The number of esters is 1. The Kier molecular flexibility index (Phi) is 7.35. The molecule has 0 saturated carbocycles. The summed E-state index contributed by atoms with van der Waals surface area (Å²) in [6.45, 7) is 5.39. The van der Waals surface area contributed by atoms with Crippen molar-refractivity contribution in [2.75, 3.05) is 19.5 Å². The fourth-order valence-corrected chi connectivity index (χ4v) is 4.12. The van der Waals surface area contributed by atoms with Crippen molar-refractivity contribution in [3.8, 4) is 34.1 Å². The number of aryl methyl sites for hydroxylation is 2. The minimum Gasteiger partial charge on any atom is -0.493 e. The minimum atomic E-state index is -1.01. The van der Waals surface area contributed by atoms with Gasteiger partial charge in [-0.2, -0.15) is 0 Å². The lowest BCUT2D eigenvalue weighted by molar-refractivity contribution is -0.123. The molecular weight excluding hydrogens is 480 g/mol. The predicted molar refractivity (Wildman–Crippen MR) is 138 cm³/mol. The van der Waals surface area contributed by atoms with Gasteiger partial charge in [0.2, 0.25) is 0 Å². The lowest BCUT2D eigenvalue weighted by Gasteiger charge is -2.12. The van der Waals surface area contributed by atoms with E-state index in [4.69, 9.17) is 14.2 Å². The zero-order valence-electron chi connectivity index (χ0n) is 20.5. The predicted octanol–water partition coefficient (Wildman–Crippen LogP) is 5.02. The molecule has 4 rings (SSSR count). The quantitative estimate of drug-likeness (QED) is 0.323. The number of nitrogens with zero attached hydrogens (tertiary/aromatic N) is 2. The zero-order valence-corrected chi connectivity index (χ0v) is 21.4. The number of benzene rings is 2. The number of anilines is 1. The van der Waals surface area contributed by atoms with Crippen molar-refractivity contribution in [1.29, 1.82) is 0 Å². The molecular formula is C26H26N4O5S. The molecule has 0 aliphatic rings. The van der Waals surface area contributed by atoms with Crippen LogP contribution in [0.25, 0.3) is 22.6 Å². The van der Waals surface area contributed by atoms with Crippen molar-refractivity contribution in [2.24, 2.45) is 0 Å². The molecule has 9 nitrogen and oxygen atoms in total. The number of thiazole rings is 1. The van der Waals surface area contributed by atoms with Crippen molar-refractivity contribution >= 4 is 28.3 Å². The average molecular weight is 507 g/mol. The van der Waals surface area contributed by atoms with E-state index in [-0.39, 0.29) is 0 Å². The van der Waals surface area contributed by atoms with Gasteiger partial charge in [0.15, 0.2) is 22.7 Å². The highest BCUT2D eigenvalue weighted by molar-refractivity contribution is 7.14. The van der Waals surface area contributed by atoms with Gasteiger partial charge in [0.05, 0.1) is 31.2 Å². The van der Waals surface area contributed by atoms with Crippen LogP contribution in [0.1, 0.15) is 28.7 Å². The van der Waals surface area contributed by atoms with Gasteiger partial charge in [-0.1, -0.05) is 12.1 Å². The van der Waals surface area contributed by atoms with E-state index < -0.39 is 18.0 Å². The number of imidazole rings is 1. The summed E-state index contributed by atoms with van der Waals surface area (Å²) in [5.41, 5.74) is 4.58. The third-order valence-electron chi connectivity index (χ3n) is 5.59. The first-order valence-electron chi connectivity index (χ1n) is 11.1. The Morgan fingerprint density at radius 3 is 2.31 bits per heavy atom. The third kappa shape index (κ3) is 5.38. The molecule has 0 fully saturated rings. The van der Waals surface area contributed by atoms with Gasteiger partial charge in [-0.05, 0) is 51.1 Å². The summed E-state index contributed by atoms with van der Waals surface area (Å²) in [7, 11) is 3.13.